The maximum absolute atomic E-state index is 11.4. The van der Waals surface area contributed by atoms with Gasteiger partial charge < -0.3 is 16.4 Å². The number of urea groups is 1. The molecule has 0 fully saturated rings. The molecular weight excluding hydrogens is 244 g/mol. The van der Waals surface area contributed by atoms with Crippen molar-refractivity contribution in [3.63, 3.8) is 0 Å². The van der Waals surface area contributed by atoms with Gasteiger partial charge in [-0.05, 0) is 31.5 Å². The first-order valence-corrected chi connectivity index (χ1v) is 6.08. The van der Waals surface area contributed by atoms with Crippen LogP contribution in [0.1, 0.15) is 25.5 Å². The molecule has 0 heterocycles. The highest BCUT2D eigenvalue weighted by Gasteiger charge is 2.14. The van der Waals surface area contributed by atoms with E-state index in [2.05, 4.69) is 16.0 Å². The van der Waals surface area contributed by atoms with E-state index in [1.807, 2.05) is 19.1 Å². The highest BCUT2D eigenvalue weighted by atomic mass is 16.2. The standard InChI is InChI=1S/C13H20N4O2/c1-8(16-9(2)12(18)15-3)10-4-6-11(7-5-10)17-13(14)19/h4-9,16H,1-3H3,(H,15,18)(H3,14,17,19). The van der Waals surface area contributed by atoms with Gasteiger partial charge in [-0.3, -0.25) is 10.1 Å². The number of hydrogen-bond acceptors (Lipinski definition) is 3. The van der Waals surface area contributed by atoms with Crippen LogP contribution in [0.15, 0.2) is 24.3 Å². The van der Waals surface area contributed by atoms with Gasteiger partial charge in [0.05, 0.1) is 6.04 Å². The van der Waals surface area contributed by atoms with Crippen molar-refractivity contribution in [2.75, 3.05) is 12.4 Å². The summed E-state index contributed by atoms with van der Waals surface area (Å²) in [4.78, 5) is 22.1. The van der Waals surface area contributed by atoms with Gasteiger partial charge in [0.25, 0.3) is 0 Å². The second kappa shape index (κ2) is 6.75. The summed E-state index contributed by atoms with van der Waals surface area (Å²) in [6.07, 6.45) is 0. The van der Waals surface area contributed by atoms with E-state index in [1.54, 1.807) is 26.1 Å². The average molecular weight is 264 g/mol. The van der Waals surface area contributed by atoms with Crippen LogP contribution in [0.5, 0.6) is 0 Å². The van der Waals surface area contributed by atoms with E-state index in [4.69, 9.17) is 5.73 Å². The van der Waals surface area contributed by atoms with Crippen LogP contribution in [0.4, 0.5) is 10.5 Å². The minimum Gasteiger partial charge on any atom is -0.358 e. The maximum atomic E-state index is 11.4. The lowest BCUT2D eigenvalue weighted by atomic mass is 10.1. The molecule has 5 N–H and O–H groups in total. The number of nitrogens with two attached hydrogens (primary N) is 1. The van der Waals surface area contributed by atoms with Gasteiger partial charge in [-0.25, -0.2) is 4.79 Å². The van der Waals surface area contributed by atoms with E-state index in [-0.39, 0.29) is 18.0 Å². The molecule has 0 saturated heterocycles. The molecule has 2 unspecified atom stereocenters. The van der Waals surface area contributed by atoms with Gasteiger partial charge in [0.15, 0.2) is 0 Å². The molecule has 1 aromatic rings. The molecule has 1 aromatic carbocycles. The lowest BCUT2D eigenvalue weighted by Crippen LogP contribution is -2.41. The smallest absolute Gasteiger partial charge is 0.316 e. The van der Waals surface area contributed by atoms with Gasteiger partial charge in [-0.2, -0.15) is 0 Å². The predicted octanol–water partition coefficient (Wildman–Crippen LogP) is 0.962. The number of anilines is 1. The fourth-order valence-corrected chi connectivity index (χ4v) is 1.76. The Morgan fingerprint density at radius 3 is 2.21 bits per heavy atom. The number of amides is 3. The lowest BCUT2D eigenvalue weighted by molar-refractivity contribution is -0.122. The van der Waals surface area contributed by atoms with Crippen molar-refractivity contribution in [1.29, 1.82) is 0 Å². The van der Waals surface area contributed by atoms with Crippen LogP contribution in [0.3, 0.4) is 0 Å². The summed E-state index contributed by atoms with van der Waals surface area (Å²) in [5.41, 5.74) is 6.69. The summed E-state index contributed by atoms with van der Waals surface area (Å²) in [7, 11) is 1.61. The van der Waals surface area contributed by atoms with Crippen molar-refractivity contribution >= 4 is 17.6 Å². The van der Waals surface area contributed by atoms with E-state index in [0.717, 1.165) is 5.56 Å². The summed E-state index contributed by atoms with van der Waals surface area (Å²) in [5, 5.41) is 8.27. The Hall–Kier alpha value is -2.08. The highest BCUT2D eigenvalue weighted by molar-refractivity contribution is 5.87. The van der Waals surface area contributed by atoms with E-state index in [1.165, 1.54) is 0 Å². The molecule has 19 heavy (non-hydrogen) atoms. The van der Waals surface area contributed by atoms with Crippen molar-refractivity contribution in [3.05, 3.63) is 29.8 Å². The number of carbonyl (C=O) groups excluding carboxylic acids is 2. The first kappa shape index (κ1) is 15.0. The molecule has 0 aromatic heterocycles. The Kier molecular flexibility index (Phi) is 5.32. The Bertz CT molecular complexity index is 444. The number of benzene rings is 1. The molecule has 0 bridgehead atoms. The molecular formula is C13H20N4O2. The van der Waals surface area contributed by atoms with Crippen LogP contribution in [0, 0.1) is 0 Å². The van der Waals surface area contributed by atoms with Crippen molar-refractivity contribution in [1.82, 2.24) is 10.6 Å². The molecule has 0 aliphatic rings. The molecule has 6 heteroatoms. The predicted molar refractivity (Wildman–Crippen MR) is 74.7 cm³/mol. The van der Waals surface area contributed by atoms with E-state index in [9.17, 15) is 9.59 Å². The van der Waals surface area contributed by atoms with E-state index < -0.39 is 6.03 Å². The molecule has 2 atom stereocenters. The Balaban J connectivity index is 2.64. The number of rotatable bonds is 5. The fourth-order valence-electron chi connectivity index (χ4n) is 1.76. The zero-order valence-electron chi connectivity index (χ0n) is 11.4. The zero-order chi connectivity index (χ0) is 14.4. The molecule has 104 valence electrons. The first-order valence-electron chi connectivity index (χ1n) is 6.08. The monoisotopic (exact) mass is 264 g/mol. The maximum Gasteiger partial charge on any atom is 0.316 e. The zero-order valence-corrected chi connectivity index (χ0v) is 11.4. The van der Waals surface area contributed by atoms with Gasteiger partial charge in [-0.1, -0.05) is 12.1 Å². The largest absolute Gasteiger partial charge is 0.358 e. The van der Waals surface area contributed by atoms with Crippen molar-refractivity contribution < 1.29 is 9.59 Å². The molecule has 3 amide bonds. The third-order valence-electron chi connectivity index (χ3n) is 2.82. The van der Waals surface area contributed by atoms with E-state index in [0.29, 0.717) is 5.69 Å². The van der Waals surface area contributed by atoms with Gasteiger partial charge in [-0.15, -0.1) is 0 Å². The Morgan fingerprint density at radius 1 is 1.16 bits per heavy atom. The Labute approximate surface area is 112 Å². The van der Waals surface area contributed by atoms with Gasteiger partial charge in [0, 0.05) is 18.8 Å². The number of likely N-dealkylation sites (N-methyl/N-ethyl adjacent to an activating group) is 1. The topological polar surface area (TPSA) is 96.2 Å². The second-order valence-corrected chi connectivity index (χ2v) is 4.34. The molecule has 0 aliphatic heterocycles. The lowest BCUT2D eigenvalue weighted by Gasteiger charge is -2.19. The normalized spacial score (nSPS) is 13.4. The van der Waals surface area contributed by atoms with Crippen LogP contribution in [-0.4, -0.2) is 25.0 Å². The summed E-state index contributed by atoms with van der Waals surface area (Å²) in [6, 6.07) is 6.44. The van der Waals surface area contributed by atoms with Gasteiger partial charge in [0.1, 0.15) is 0 Å². The number of carbonyl (C=O) groups is 2. The molecule has 0 saturated carbocycles. The summed E-state index contributed by atoms with van der Waals surface area (Å²) >= 11 is 0. The average Bonchev–Trinajstić information content (AvgIpc) is 2.37. The van der Waals surface area contributed by atoms with Crippen molar-refractivity contribution in [2.24, 2.45) is 5.73 Å². The number of primary amides is 1. The molecule has 6 nitrogen and oxygen atoms in total. The fraction of sp³-hybridized carbons (Fsp3) is 0.385. The molecule has 1 rings (SSSR count). The SMILES string of the molecule is CNC(=O)C(C)NC(C)c1ccc(NC(N)=O)cc1. The molecule has 0 aliphatic carbocycles. The summed E-state index contributed by atoms with van der Waals surface area (Å²) in [6.45, 7) is 3.77. The van der Waals surface area contributed by atoms with Crippen LogP contribution in [-0.2, 0) is 4.79 Å². The third kappa shape index (κ3) is 4.59. The molecule has 0 spiro atoms. The Morgan fingerprint density at radius 2 is 1.74 bits per heavy atom. The van der Waals surface area contributed by atoms with Crippen LogP contribution in [0.2, 0.25) is 0 Å². The third-order valence-corrected chi connectivity index (χ3v) is 2.82. The quantitative estimate of drug-likeness (QED) is 0.638. The van der Waals surface area contributed by atoms with Gasteiger partial charge >= 0.3 is 6.03 Å². The first-order chi connectivity index (χ1) is 8.93. The minimum absolute atomic E-state index is 0.0231. The number of nitrogens with one attached hydrogen (secondary N) is 3. The van der Waals surface area contributed by atoms with Crippen molar-refractivity contribution in [2.45, 2.75) is 25.9 Å². The van der Waals surface area contributed by atoms with Crippen LogP contribution < -0.4 is 21.7 Å². The summed E-state index contributed by atoms with van der Waals surface area (Å²) < 4.78 is 0. The minimum atomic E-state index is -0.591. The van der Waals surface area contributed by atoms with Crippen LogP contribution in [0.25, 0.3) is 0 Å². The van der Waals surface area contributed by atoms with E-state index >= 15 is 0 Å². The van der Waals surface area contributed by atoms with Gasteiger partial charge in [0.2, 0.25) is 5.91 Å². The van der Waals surface area contributed by atoms with Crippen LogP contribution >= 0.6 is 0 Å². The highest BCUT2D eigenvalue weighted by Crippen LogP contribution is 2.16. The molecule has 0 radical (unpaired) electrons. The van der Waals surface area contributed by atoms with Crippen molar-refractivity contribution in [3.8, 4) is 0 Å². The number of hydrogen-bond donors (Lipinski definition) is 4. The second-order valence-electron chi connectivity index (χ2n) is 4.34. The summed E-state index contributed by atoms with van der Waals surface area (Å²) in [5.74, 6) is -0.0566.